The molecule has 1 aromatic rings. The summed E-state index contributed by atoms with van der Waals surface area (Å²) in [6.45, 7) is 4.43. The quantitative estimate of drug-likeness (QED) is 0.652. The summed E-state index contributed by atoms with van der Waals surface area (Å²) < 4.78 is 0. The fourth-order valence-corrected chi connectivity index (χ4v) is 2.14. The highest BCUT2D eigenvalue weighted by Gasteiger charge is 2.05. The summed E-state index contributed by atoms with van der Waals surface area (Å²) in [5.74, 6) is 0. The van der Waals surface area contributed by atoms with E-state index in [1.54, 1.807) is 0 Å². The first-order chi connectivity index (χ1) is 8.27. The Kier molecular flexibility index (Phi) is 6.95. The van der Waals surface area contributed by atoms with Crippen molar-refractivity contribution in [3.8, 4) is 0 Å². The fraction of sp³-hybridized carbons (Fsp3) is 0.625. The first-order valence-electron chi connectivity index (χ1n) is 7.12. The van der Waals surface area contributed by atoms with E-state index in [0.29, 0.717) is 0 Å². The van der Waals surface area contributed by atoms with Gasteiger partial charge in [0.15, 0.2) is 0 Å². The molecular weight excluding hydrogens is 206 g/mol. The molecule has 0 aliphatic heterocycles. The second-order valence-electron chi connectivity index (χ2n) is 4.90. The highest BCUT2D eigenvalue weighted by molar-refractivity contribution is 5.24. The zero-order valence-corrected chi connectivity index (χ0v) is 11.4. The summed E-state index contributed by atoms with van der Waals surface area (Å²) in [5, 5.41) is 0. The maximum atomic E-state index is 6.20. The molecule has 2 N–H and O–H groups in total. The summed E-state index contributed by atoms with van der Waals surface area (Å²) in [4.78, 5) is 0. The summed E-state index contributed by atoms with van der Waals surface area (Å²) >= 11 is 0. The van der Waals surface area contributed by atoms with E-state index in [-0.39, 0.29) is 6.04 Å². The van der Waals surface area contributed by atoms with E-state index in [0.717, 1.165) is 12.8 Å². The fourth-order valence-electron chi connectivity index (χ4n) is 2.14. The van der Waals surface area contributed by atoms with Gasteiger partial charge in [-0.05, 0) is 24.0 Å². The minimum absolute atomic E-state index is 0.225. The van der Waals surface area contributed by atoms with E-state index >= 15 is 0 Å². The Labute approximate surface area is 106 Å². The Morgan fingerprint density at radius 2 is 1.59 bits per heavy atom. The van der Waals surface area contributed by atoms with Crippen LogP contribution in [0.4, 0.5) is 0 Å². The van der Waals surface area contributed by atoms with E-state index in [9.17, 15) is 0 Å². The van der Waals surface area contributed by atoms with Crippen LogP contribution in [-0.4, -0.2) is 0 Å². The minimum Gasteiger partial charge on any atom is -0.324 e. The average Bonchev–Trinajstić information content (AvgIpc) is 2.38. The lowest BCUT2D eigenvalue weighted by atomic mass is 9.99. The zero-order chi connectivity index (χ0) is 12.5. The lowest BCUT2D eigenvalue weighted by Gasteiger charge is -2.12. The number of hydrogen-bond donors (Lipinski definition) is 1. The van der Waals surface area contributed by atoms with E-state index in [1.165, 1.54) is 43.2 Å². The number of benzene rings is 1. The van der Waals surface area contributed by atoms with Crippen molar-refractivity contribution >= 4 is 0 Å². The molecule has 1 heteroatoms. The highest BCUT2D eigenvalue weighted by Crippen LogP contribution is 2.18. The molecule has 0 bridgehead atoms. The SMILES string of the molecule is CCCCCCCC(N)c1ccc(CC)cc1. The third-order valence-electron chi connectivity index (χ3n) is 3.43. The van der Waals surface area contributed by atoms with Gasteiger partial charge >= 0.3 is 0 Å². The molecule has 1 nitrogen and oxygen atoms in total. The van der Waals surface area contributed by atoms with Crippen molar-refractivity contribution in [2.75, 3.05) is 0 Å². The van der Waals surface area contributed by atoms with Gasteiger partial charge < -0.3 is 5.73 Å². The van der Waals surface area contributed by atoms with Crippen LogP contribution in [0.3, 0.4) is 0 Å². The molecule has 0 aromatic heterocycles. The van der Waals surface area contributed by atoms with E-state index in [1.807, 2.05) is 0 Å². The predicted octanol–water partition coefficient (Wildman–Crippen LogP) is 4.61. The molecule has 1 aromatic carbocycles. The Morgan fingerprint density at radius 1 is 0.941 bits per heavy atom. The van der Waals surface area contributed by atoms with E-state index in [4.69, 9.17) is 5.73 Å². The standard InChI is InChI=1S/C16H27N/c1-3-5-6-7-8-9-16(17)15-12-10-14(4-2)11-13-15/h10-13,16H,3-9,17H2,1-2H3. The molecule has 96 valence electrons. The Hall–Kier alpha value is -0.820. The third-order valence-corrected chi connectivity index (χ3v) is 3.43. The molecule has 1 unspecified atom stereocenters. The van der Waals surface area contributed by atoms with Gasteiger partial charge in [-0.3, -0.25) is 0 Å². The molecule has 0 fully saturated rings. The van der Waals surface area contributed by atoms with Crippen LogP contribution in [0.2, 0.25) is 0 Å². The molecule has 0 amide bonds. The summed E-state index contributed by atoms with van der Waals surface area (Å²) in [7, 11) is 0. The third kappa shape index (κ3) is 5.36. The van der Waals surface area contributed by atoms with Crippen LogP contribution in [0.15, 0.2) is 24.3 Å². The number of aryl methyl sites for hydroxylation is 1. The van der Waals surface area contributed by atoms with Crippen LogP contribution < -0.4 is 5.73 Å². The van der Waals surface area contributed by atoms with Crippen molar-refractivity contribution < 1.29 is 0 Å². The van der Waals surface area contributed by atoms with Gasteiger partial charge in [0, 0.05) is 6.04 Å². The van der Waals surface area contributed by atoms with E-state index < -0.39 is 0 Å². The normalized spacial score (nSPS) is 12.6. The molecule has 0 heterocycles. The Balaban J connectivity index is 2.28. The van der Waals surface area contributed by atoms with Crippen LogP contribution in [0.5, 0.6) is 0 Å². The molecule has 0 aliphatic carbocycles. The molecule has 0 spiro atoms. The second kappa shape index (κ2) is 8.30. The van der Waals surface area contributed by atoms with Crippen molar-refractivity contribution in [2.45, 2.75) is 64.8 Å². The topological polar surface area (TPSA) is 26.0 Å². The molecule has 0 saturated heterocycles. The summed E-state index contributed by atoms with van der Waals surface area (Å²) in [6, 6.07) is 9.01. The van der Waals surface area contributed by atoms with Gasteiger partial charge in [0.1, 0.15) is 0 Å². The lowest BCUT2D eigenvalue weighted by molar-refractivity contribution is 0.555. The van der Waals surface area contributed by atoms with Gasteiger partial charge in [-0.2, -0.15) is 0 Å². The minimum atomic E-state index is 0.225. The highest BCUT2D eigenvalue weighted by atomic mass is 14.6. The molecule has 0 saturated carbocycles. The van der Waals surface area contributed by atoms with E-state index in [2.05, 4.69) is 38.1 Å². The number of rotatable bonds is 8. The number of nitrogens with two attached hydrogens (primary N) is 1. The van der Waals surface area contributed by atoms with Gasteiger partial charge in [-0.1, -0.05) is 70.2 Å². The second-order valence-corrected chi connectivity index (χ2v) is 4.90. The first-order valence-corrected chi connectivity index (χ1v) is 7.12. The average molecular weight is 233 g/mol. The Morgan fingerprint density at radius 3 is 2.18 bits per heavy atom. The van der Waals surface area contributed by atoms with Gasteiger partial charge in [0.2, 0.25) is 0 Å². The lowest BCUT2D eigenvalue weighted by Crippen LogP contribution is -2.10. The zero-order valence-electron chi connectivity index (χ0n) is 11.4. The first kappa shape index (κ1) is 14.2. The Bertz CT molecular complexity index is 289. The number of unbranched alkanes of at least 4 members (excludes halogenated alkanes) is 4. The van der Waals surface area contributed by atoms with Gasteiger partial charge in [-0.25, -0.2) is 0 Å². The van der Waals surface area contributed by atoms with Crippen LogP contribution >= 0.6 is 0 Å². The largest absolute Gasteiger partial charge is 0.324 e. The van der Waals surface area contributed by atoms with Crippen molar-refractivity contribution in [1.29, 1.82) is 0 Å². The van der Waals surface area contributed by atoms with Crippen molar-refractivity contribution in [3.05, 3.63) is 35.4 Å². The van der Waals surface area contributed by atoms with Gasteiger partial charge in [-0.15, -0.1) is 0 Å². The van der Waals surface area contributed by atoms with Crippen molar-refractivity contribution in [1.82, 2.24) is 0 Å². The number of hydrogen-bond acceptors (Lipinski definition) is 1. The monoisotopic (exact) mass is 233 g/mol. The molecule has 0 radical (unpaired) electrons. The molecule has 1 rings (SSSR count). The van der Waals surface area contributed by atoms with Crippen LogP contribution in [-0.2, 0) is 6.42 Å². The molecule has 1 atom stereocenters. The van der Waals surface area contributed by atoms with Crippen LogP contribution in [0, 0.1) is 0 Å². The van der Waals surface area contributed by atoms with Crippen LogP contribution in [0.25, 0.3) is 0 Å². The maximum absolute atomic E-state index is 6.20. The molecular formula is C16H27N. The van der Waals surface area contributed by atoms with Gasteiger partial charge in [0.25, 0.3) is 0 Å². The molecule has 0 aliphatic rings. The van der Waals surface area contributed by atoms with Crippen molar-refractivity contribution in [3.63, 3.8) is 0 Å². The van der Waals surface area contributed by atoms with Gasteiger partial charge in [0.05, 0.1) is 0 Å². The summed E-state index contributed by atoms with van der Waals surface area (Å²) in [5.41, 5.74) is 8.88. The predicted molar refractivity (Wildman–Crippen MR) is 76.1 cm³/mol. The summed E-state index contributed by atoms with van der Waals surface area (Å²) in [6.07, 6.45) is 8.84. The van der Waals surface area contributed by atoms with Crippen molar-refractivity contribution in [2.24, 2.45) is 5.73 Å². The smallest absolute Gasteiger partial charge is 0.0294 e. The molecule has 17 heavy (non-hydrogen) atoms. The van der Waals surface area contributed by atoms with Crippen LogP contribution in [0.1, 0.15) is 69.5 Å². The maximum Gasteiger partial charge on any atom is 0.0294 e.